The third-order valence-electron chi connectivity index (χ3n) is 2.97. The fourth-order valence-electron chi connectivity index (χ4n) is 1.53. The molecule has 0 fully saturated rings. The third-order valence-corrected chi connectivity index (χ3v) is 2.97. The van der Waals surface area contributed by atoms with Crippen LogP contribution in [0.25, 0.3) is 0 Å². The molecule has 0 aromatic rings. The van der Waals surface area contributed by atoms with E-state index in [9.17, 15) is 24.0 Å². The summed E-state index contributed by atoms with van der Waals surface area (Å²) in [4.78, 5) is 52.6. The van der Waals surface area contributed by atoms with Crippen LogP contribution in [0.5, 0.6) is 0 Å². The number of carbonyl (C=O) groups is 5. The van der Waals surface area contributed by atoms with E-state index >= 15 is 0 Å². The maximum absolute atomic E-state index is 11.0. The molecule has 228 valence electrons. The fourth-order valence-corrected chi connectivity index (χ4v) is 1.53. The fraction of sp³-hybridized carbons (Fsp3) is 0.591. The quantitative estimate of drug-likeness (QED) is 0.0786. The Bertz CT molecular complexity index is 626. The van der Waals surface area contributed by atoms with E-state index in [-0.39, 0.29) is 43.3 Å². The van der Waals surface area contributed by atoms with E-state index in [1.54, 1.807) is 12.2 Å². The Morgan fingerprint density at radius 1 is 0.744 bits per heavy atom. The van der Waals surface area contributed by atoms with E-state index < -0.39 is 5.97 Å². The molecule has 0 aliphatic rings. The molecule has 0 aromatic heterocycles. The molecule has 4 amide bonds. The normalized spacial score (nSPS) is 8.05. The first-order valence-electron chi connectivity index (χ1n) is 12.5. The van der Waals surface area contributed by atoms with Crippen molar-refractivity contribution in [1.82, 2.24) is 21.3 Å². The highest BCUT2D eigenvalue weighted by Gasteiger charge is 2.02. The Labute approximate surface area is 289 Å². The van der Waals surface area contributed by atoms with Gasteiger partial charge in [-0.05, 0) is 33.2 Å². The summed E-state index contributed by atoms with van der Waals surface area (Å²) in [5.41, 5.74) is 9.79. The lowest BCUT2D eigenvalue weighted by molar-refractivity contribution is -0.138. The van der Waals surface area contributed by atoms with Crippen molar-refractivity contribution in [3.05, 3.63) is 25.3 Å². The minimum atomic E-state index is -1.03. The van der Waals surface area contributed by atoms with Gasteiger partial charge in [-0.25, -0.2) is 0 Å². The van der Waals surface area contributed by atoms with E-state index in [4.69, 9.17) is 18.4 Å². The van der Waals surface area contributed by atoms with Crippen LogP contribution in [0.2, 0.25) is 0 Å². The molecule has 9 N–H and O–H groups in total. The number of halogens is 3. The predicted molar refractivity (Wildman–Crippen MR) is 191 cm³/mol. The molecule has 0 rings (SSSR count). The lowest BCUT2D eigenvalue weighted by Crippen LogP contribution is -2.36. The van der Waals surface area contributed by atoms with Gasteiger partial charge in [0, 0.05) is 41.4 Å². The third kappa shape index (κ3) is 72.5. The second-order valence-corrected chi connectivity index (χ2v) is 6.12. The zero-order chi connectivity index (χ0) is 35.2. The number of aliphatic carboxylic acids is 1. The summed E-state index contributed by atoms with van der Waals surface area (Å²) in [6.07, 6.45) is 5.19. The van der Waals surface area contributed by atoms with Crippen molar-refractivity contribution >= 4 is 116 Å². The van der Waals surface area contributed by atoms with E-state index in [0.29, 0.717) is 38.8 Å². The molecule has 0 atom stereocenters. The molecule has 0 aromatic carbocycles. The summed E-state index contributed by atoms with van der Waals surface area (Å²) in [6, 6.07) is 0. The molecule has 4 radical (unpaired) electrons. The zero-order valence-corrected chi connectivity index (χ0v) is 29.5. The number of hydrogen-bond donors (Lipinski definition) is 7. The summed E-state index contributed by atoms with van der Waals surface area (Å²) in [5.74, 6) is -1.66. The SMILES string of the molecule is C=CCCC(=O)NCC(=O)NCC.C=CCCC(=O)NCC(=O)O.CCN.CCNC(=O)CN.[2H]I.[2H]I.[2H]I.[B][B]. The number of hydrogen-bond acceptors (Lipinski definition) is 7. The number of likely N-dealkylation sites (N-methyl/N-ethyl adjacent to an activating group) is 2. The number of carboxylic acid groups (broad SMARTS) is 1. The lowest BCUT2D eigenvalue weighted by Gasteiger charge is -2.03. The number of carbonyl (C=O) groups excluding carboxylic acids is 4. The number of nitrogens with two attached hydrogens (primary N) is 2. The topological polar surface area (TPSA) is 206 Å². The minimum Gasteiger partial charge on any atom is -0.480 e. The zero-order valence-electron chi connectivity index (χ0n) is 26.1. The number of allylic oxidation sites excluding steroid dienone is 2. The summed E-state index contributed by atoms with van der Waals surface area (Å²) < 4.78 is 17.2. The van der Waals surface area contributed by atoms with Gasteiger partial charge < -0.3 is 37.8 Å². The van der Waals surface area contributed by atoms with Gasteiger partial charge in [0.05, 0.1) is 13.1 Å². The van der Waals surface area contributed by atoms with Gasteiger partial charge in [0.1, 0.15) is 8.33 Å². The number of nitrogens with one attached hydrogen (secondary N) is 4. The highest BCUT2D eigenvalue weighted by Crippen LogP contribution is 1.88. The van der Waals surface area contributed by atoms with Crippen molar-refractivity contribution < 1.29 is 29.1 Å². The van der Waals surface area contributed by atoms with Gasteiger partial charge in [-0.1, -0.05) is 19.1 Å². The maximum Gasteiger partial charge on any atom is 0.322 e. The van der Waals surface area contributed by atoms with E-state index in [1.165, 1.54) is 71.3 Å². The number of rotatable bonds is 13. The maximum atomic E-state index is 11.0. The van der Waals surface area contributed by atoms with Crippen molar-refractivity contribution in [2.45, 2.75) is 46.5 Å². The van der Waals surface area contributed by atoms with Crippen LogP contribution < -0.4 is 32.7 Å². The molecule has 0 aliphatic heterocycles. The predicted octanol–water partition coefficient (Wildman–Crippen LogP) is 0.497. The lowest BCUT2D eigenvalue weighted by atomic mass is 9.81. The van der Waals surface area contributed by atoms with Gasteiger partial charge in [-0.2, -0.15) is 0 Å². The molecule has 0 aliphatic carbocycles. The average Bonchev–Trinajstić information content (AvgIpc) is 3.02. The van der Waals surface area contributed by atoms with Gasteiger partial charge in [0.15, 0.2) is 0 Å². The van der Waals surface area contributed by atoms with E-state index in [1.807, 2.05) is 20.8 Å². The molecule has 0 heterocycles. The standard InChI is InChI=1S/C9H16N2O2.C7H11NO3.C4H10N2O.C2H7N.B2.3HI/c1-3-5-6-8(12)11-7-9(13)10-4-2;1-2-3-4-6(9)8-5-7(10)11;1-2-6-4(7)3-5;1-2-3;1-2;;;/h3H,1,4-7H2,2H3,(H,10,13)(H,11,12);2H,1,3-5H2,(H,8,9)(H,10,11);2-3,5H2,1H3,(H,6,7);2-3H2,1H3;;3*1H/i/hD3. The molecule has 17 heteroatoms. The Hall–Kier alpha value is -0.930. The summed E-state index contributed by atoms with van der Waals surface area (Å²) in [7, 11) is 8.00. The van der Waals surface area contributed by atoms with Gasteiger partial charge in [0.2, 0.25) is 23.6 Å². The Kier molecular flexibility index (Phi) is 65.4. The molecule has 0 saturated carbocycles. The molecular formula is C22H47B2I3N6O6. The van der Waals surface area contributed by atoms with Gasteiger partial charge in [-0.3, -0.25) is 24.0 Å². The van der Waals surface area contributed by atoms with Crippen molar-refractivity contribution in [3.8, 4) is 0 Å². The Balaban J connectivity index is -0.0000000600. The van der Waals surface area contributed by atoms with Crippen LogP contribution in [0, 0.1) is 0 Å². The van der Waals surface area contributed by atoms with Crippen molar-refractivity contribution in [2.75, 3.05) is 39.3 Å². The first-order chi connectivity index (χ1) is 20.1. The van der Waals surface area contributed by atoms with Gasteiger partial charge in [0.25, 0.3) is 0 Å². The molecule has 0 unspecified atom stereocenters. The highest BCUT2D eigenvalue weighted by molar-refractivity contribution is 14.0. The van der Waals surface area contributed by atoms with Crippen LogP contribution in [0.3, 0.4) is 0 Å². The van der Waals surface area contributed by atoms with Crippen molar-refractivity contribution in [1.29, 1.82) is 1.78 Å². The summed E-state index contributed by atoms with van der Waals surface area (Å²) >= 11 is 4.20. The number of carboxylic acids is 1. The average molecular weight is 897 g/mol. The van der Waals surface area contributed by atoms with Crippen LogP contribution in [0.15, 0.2) is 25.3 Å². The number of amides is 4. The molecule has 0 bridgehead atoms. The second-order valence-electron chi connectivity index (χ2n) is 6.12. The second kappa shape index (κ2) is 53.3. The monoisotopic (exact) mass is 897 g/mol. The minimum absolute atomic E-state index is 0.0593. The van der Waals surface area contributed by atoms with Crippen LogP contribution in [0.4, 0.5) is 0 Å². The Morgan fingerprint density at radius 3 is 1.33 bits per heavy atom. The van der Waals surface area contributed by atoms with Gasteiger partial charge in [-0.15, -0.1) is 84.5 Å². The highest BCUT2D eigenvalue weighted by atomic mass is 127. The smallest absolute Gasteiger partial charge is 0.322 e. The summed E-state index contributed by atoms with van der Waals surface area (Å²) in [6.45, 7) is 14.4. The van der Waals surface area contributed by atoms with Crippen LogP contribution in [0.1, 0.15) is 46.5 Å². The first kappa shape index (κ1) is 47.8. The molecule has 39 heavy (non-hydrogen) atoms. The molecule has 12 nitrogen and oxygen atoms in total. The van der Waals surface area contributed by atoms with Crippen LogP contribution >= 0.6 is 71.3 Å². The molecular weight excluding hydrogens is 847 g/mol. The van der Waals surface area contributed by atoms with E-state index in [0.717, 1.165) is 6.54 Å². The van der Waals surface area contributed by atoms with Gasteiger partial charge >= 0.3 is 5.97 Å². The van der Waals surface area contributed by atoms with Crippen molar-refractivity contribution in [2.24, 2.45) is 11.5 Å². The van der Waals surface area contributed by atoms with Crippen LogP contribution in [-0.4, -0.2) is 91.2 Å². The van der Waals surface area contributed by atoms with Crippen LogP contribution in [-0.2, 0) is 24.0 Å². The summed E-state index contributed by atoms with van der Waals surface area (Å²) in [5, 5.41) is 18.0. The molecule has 0 spiro atoms. The first-order valence-corrected chi connectivity index (χ1v) is 11.3. The Morgan fingerprint density at radius 2 is 1.08 bits per heavy atom. The molecule has 0 saturated heterocycles. The van der Waals surface area contributed by atoms with Crippen molar-refractivity contribution in [3.63, 3.8) is 0 Å². The van der Waals surface area contributed by atoms with E-state index in [2.05, 4.69) is 49.9 Å². The largest absolute Gasteiger partial charge is 0.480 e.